The standard InChI is InChI=1S/C6H5Cl.6ClH/c7-6-4-2-1-3-5-6;;;;;;/h1-5H;6*1H. The highest BCUT2D eigenvalue weighted by Gasteiger charge is 1.74. The molecule has 1 aromatic carbocycles. The second kappa shape index (κ2) is 23.2. The van der Waals surface area contributed by atoms with Crippen molar-refractivity contribution in [2.24, 2.45) is 0 Å². The van der Waals surface area contributed by atoms with E-state index in [0.29, 0.717) is 0 Å². The van der Waals surface area contributed by atoms with Crippen molar-refractivity contribution in [3.8, 4) is 0 Å². The summed E-state index contributed by atoms with van der Waals surface area (Å²) < 4.78 is 0. The number of halogens is 7. The van der Waals surface area contributed by atoms with Gasteiger partial charge in [-0.1, -0.05) is 29.8 Å². The monoisotopic (exact) mass is 328 g/mol. The molecule has 84 valence electrons. The number of hydrogen-bond donors (Lipinski definition) is 0. The summed E-state index contributed by atoms with van der Waals surface area (Å²) in [5.74, 6) is 0. The van der Waals surface area contributed by atoms with Gasteiger partial charge in [0.2, 0.25) is 0 Å². The first-order valence-corrected chi connectivity index (χ1v) is 2.48. The fraction of sp³-hybridized carbons (Fsp3) is 0. The van der Waals surface area contributed by atoms with Crippen LogP contribution in [0, 0.1) is 0 Å². The quantitative estimate of drug-likeness (QED) is 0.636. The Hall–Kier alpha value is 1.25. The molecule has 1 aromatic rings. The second-order valence-corrected chi connectivity index (χ2v) is 1.73. The Morgan fingerprint density at radius 2 is 0.923 bits per heavy atom. The van der Waals surface area contributed by atoms with Gasteiger partial charge in [0, 0.05) is 5.02 Å². The Labute approximate surface area is 121 Å². The van der Waals surface area contributed by atoms with Crippen LogP contribution in [0.25, 0.3) is 0 Å². The Balaban J connectivity index is -0.0000000204. The van der Waals surface area contributed by atoms with Crippen LogP contribution in [0.15, 0.2) is 30.3 Å². The lowest BCUT2D eigenvalue weighted by molar-refractivity contribution is 1.71. The molecule has 0 saturated carbocycles. The third-order valence-electron chi connectivity index (χ3n) is 0.733. The molecule has 0 nitrogen and oxygen atoms in total. The summed E-state index contributed by atoms with van der Waals surface area (Å²) in [4.78, 5) is 0. The Kier molecular flexibility index (Phi) is 65.7. The molecule has 0 heterocycles. The number of hydrogen-bond acceptors (Lipinski definition) is 0. The average molecular weight is 331 g/mol. The van der Waals surface area contributed by atoms with Gasteiger partial charge in [0.15, 0.2) is 0 Å². The van der Waals surface area contributed by atoms with Crippen LogP contribution in [0.1, 0.15) is 0 Å². The molecule has 0 saturated heterocycles. The molecule has 13 heavy (non-hydrogen) atoms. The van der Waals surface area contributed by atoms with Gasteiger partial charge in [-0.15, -0.1) is 74.4 Å². The third-order valence-corrected chi connectivity index (χ3v) is 0.985. The molecule has 0 bridgehead atoms. The summed E-state index contributed by atoms with van der Waals surface area (Å²) in [6, 6.07) is 9.44. The van der Waals surface area contributed by atoms with Gasteiger partial charge in [0.1, 0.15) is 0 Å². The molecule has 0 aliphatic heterocycles. The molecule has 0 atom stereocenters. The van der Waals surface area contributed by atoms with Gasteiger partial charge in [-0.05, 0) is 12.1 Å². The van der Waals surface area contributed by atoms with Crippen molar-refractivity contribution in [2.45, 2.75) is 0 Å². The Bertz CT molecular complexity index is 143. The summed E-state index contributed by atoms with van der Waals surface area (Å²) in [6.45, 7) is 0. The molecule has 0 fully saturated rings. The van der Waals surface area contributed by atoms with Crippen LogP contribution in [-0.2, 0) is 0 Å². The van der Waals surface area contributed by atoms with Crippen molar-refractivity contribution in [1.29, 1.82) is 0 Å². The maximum absolute atomic E-state index is 5.54. The molecule has 0 aliphatic carbocycles. The Morgan fingerprint density at radius 3 is 1.08 bits per heavy atom. The van der Waals surface area contributed by atoms with Crippen molar-refractivity contribution < 1.29 is 0 Å². The largest absolute Gasteiger partial charge is 0.147 e. The lowest BCUT2D eigenvalue weighted by atomic mass is 10.4. The maximum Gasteiger partial charge on any atom is 0.0405 e. The summed E-state index contributed by atoms with van der Waals surface area (Å²) in [6.07, 6.45) is 0. The summed E-state index contributed by atoms with van der Waals surface area (Å²) in [5.41, 5.74) is 0. The van der Waals surface area contributed by atoms with Crippen molar-refractivity contribution in [1.82, 2.24) is 0 Å². The number of rotatable bonds is 0. The van der Waals surface area contributed by atoms with E-state index in [1.54, 1.807) is 0 Å². The smallest absolute Gasteiger partial charge is 0.0405 e. The first-order valence-electron chi connectivity index (χ1n) is 2.10. The van der Waals surface area contributed by atoms with Gasteiger partial charge in [-0.2, -0.15) is 0 Å². The van der Waals surface area contributed by atoms with Crippen LogP contribution < -0.4 is 0 Å². The van der Waals surface area contributed by atoms with Crippen molar-refractivity contribution >= 4 is 86.0 Å². The third kappa shape index (κ3) is 19.6. The van der Waals surface area contributed by atoms with Crippen LogP contribution >= 0.6 is 86.0 Å². The molecule has 1 rings (SSSR count). The van der Waals surface area contributed by atoms with Crippen LogP contribution in [0.5, 0.6) is 0 Å². The Morgan fingerprint density at radius 1 is 0.615 bits per heavy atom. The minimum Gasteiger partial charge on any atom is -0.147 e. The fourth-order valence-electron chi connectivity index (χ4n) is 0.415. The predicted molar refractivity (Wildman–Crippen MR) is 74.9 cm³/mol. The van der Waals surface area contributed by atoms with Gasteiger partial charge in [-0.25, -0.2) is 0 Å². The molecular weight excluding hydrogens is 320 g/mol. The summed E-state index contributed by atoms with van der Waals surface area (Å²) in [5, 5.41) is 0.794. The van der Waals surface area contributed by atoms with E-state index in [2.05, 4.69) is 0 Å². The summed E-state index contributed by atoms with van der Waals surface area (Å²) >= 11 is 5.54. The highest BCUT2D eigenvalue weighted by Crippen LogP contribution is 2.03. The second-order valence-electron chi connectivity index (χ2n) is 1.30. The van der Waals surface area contributed by atoms with E-state index in [1.165, 1.54) is 0 Å². The van der Waals surface area contributed by atoms with E-state index >= 15 is 0 Å². The average Bonchev–Trinajstić information content (AvgIpc) is 1.69. The number of benzene rings is 1. The minimum absolute atomic E-state index is 0. The highest BCUT2D eigenvalue weighted by atomic mass is 35.5. The topological polar surface area (TPSA) is 0 Å². The molecule has 0 radical (unpaired) electrons. The van der Waals surface area contributed by atoms with Gasteiger partial charge in [0.25, 0.3) is 0 Å². The molecule has 0 N–H and O–H groups in total. The SMILES string of the molecule is Cl.Cl.Cl.Cl.Cl.Cl.Clc1ccccc1. The molecule has 0 amide bonds. The highest BCUT2D eigenvalue weighted by molar-refractivity contribution is 6.30. The van der Waals surface area contributed by atoms with Gasteiger partial charge in [0.05, 0.1) is 0 Å². The molecule has 7 heteroatoms. The van der Waals surface area contributed by atoms with Crippen LogP contribution in [0.2, 0.25) is 5.02 Å². The molecule has 0 aromatic heterocycles. The van der Waals surface area contributed by atoms with Crippen LogP contribution in [0.3, 0.4) is 0 Å². The maximum atomic E-state index is 5.54. The molecule has 0 spiro atoms. The zero-order chi connectivity index (χ0) is 5.11. The van der Waals surface area contributed by atoms with E-state index < -0.39 is 0 Å². The predicted octanol–water partition coefficient (Wildman–Crippen LogP) is 4.87. The van der Waals surface area contributed by atoms with Gasteiger partial charge < -0.3 is 0 Å². The summed E-state index contributed by atoms with van der Waals surface area (Å²) in [7, 11) is 0. The van der Waals surface area contributed by atoms with E-state index in [0.717, 1.165) is 5.02 Å². The van der Waals surface area contributed by atoms with E-state index in [4.69, 9.17) is 11.6 Å². The minimum atomic E-state index is 0. The van der Waals surface area contributed by atoms with Gasteiger partial charge in [-0.3, -0.25) is 0 Å². The van der Waals surface area contributed by atoms with Crippen LogP contribution in [0.4, 0.5) is 0 Å². The lowest BCUT2D eigenvalue weighted by Gasteiger charge is -1.80. The van der Waals surface area contributed by atoms with Crippen molar-refractivity contribution in [2.75, 3.05) is 0 Å². The van der Waals surface area contributed by atoms with Crippen molar-refractivity contribution in [3.05, 3.63) is 35.4 Å². The first-order chi connectivity index (χ1) is 3.39. The van der Waals surface area contributed by atoms with E-state index in [9.17, 15) is 0 Å². The van der Waals surface area contributed by atoms with Crippen LogP contribution in [-0.4, -0.2) is 0 Å². The van der Waals surface area contributed by atoms with Crippen molar-refractivity contribution in [3.63, 3.8) is 0 Å². The van der Waals surface area contributed by atoms with E-state index in [-0.39, 0.29) is 74.4 Å². The zero-order valence-electron chi connectivity index (χ0n) is 6.21. The van der Waals surface area contributed by atoms with E-state index in [1.807, 2.05) is 30.3 Å². The first kappa shape index (κ1) is 36.8. The molecular formula is C6H11Cl7. The molecule has 0 aliphatic rings. The normalized spacial score (nSPS) is 4.69. The lowest BCUT2D eigenvalue weighted by Crippen LogP contribution is -1.55. The fourth-order valence-corrected chi connectivity index (χ4v) is 0.560. The van der Waals surface area contributed by atoms with Gasteiger partial charge >= 0.3 is 0 Å². The zero-order valence-corrected chi connectivity index (χ0v) is 11.9. The molecule has 0 unspecified atom stereocenters.